The van der Waals surface area contributed by atoms with E-state index in [1.54, 1.807) is 0 Å². The van der Waals surface area contributed by atoms with Crippen LogP contribution in [0.2, 0.25) is 5.02 Å². The van der Waals surface area contributed by atoms with Crippen molar-refractivity contribution < 1.29 is 0 Å². The van der Waals surface area contributed by atoms with Crippen molar-refractivity contribution in [2.75, 3.05) is 19.0 Å². The summed E-state index contributed by atoms with van der Waals surface area (Å²) < 4.78 is 2.24. The molecule has 0 aliphatic heterocycles. The number of hydrogen-bond acceptors (Lipinski definition) is 1. The van der Waals surface area contributed by atoms with Crippen LogP contribution in [0.15, 0.2) is 60.7 Å². The quantitative estimate of drug-likeness (QED) is 0.647. The van der Waals surface area contributed by atoms with Gasteiger partial charge in [0.05, 0.1) is 5.69 Å². The van der Waals surface area contributed by atoms with Crippen LogP contribution in [-0.2, 0) is 0 Å². The number of anilines is 1. The van der Waals surface area contributed by atoms with Gasteiger partial charge in [-0.15, -0.1) is 0 Å². The number of halogens is 1. The minimum Gasteiger partial charge on any atom is -0.378 e. The standard InChI is InChI=1S/C19H19ClN2/c1-14-8-13-19(17-6-4-5-7-18(17)20)22(14)16-11-9-15(10-12-16)21(2)3/h4-13H,1-3H3. The molecule has 0 amide bonds. The first kappa shape index (κ1) is 14.7. The molecule has 22 heavy (non-hydrogen) atoms. The zero-order valence-electron chi connectivity index (χ0n) is 13.0. The van der Waals surface area contributed by atoms with Crippen LogP contribution in [0.25, 0.3) is 16.9 Å². The predicted molar refractivity (Wildman–Crippen MR) is 95.3 cm³/mol. The Kier molecular flexibility index (Phi) is 3.95. The van der Waals surface area contributed by atoms with E-state index in [1.807, 2.05) is 32.3 Å². The van der Waals surface area contributed by atoms with Crippen LogP contribution in [-0.4, -0.2) is 18.7 Å². The Bertz CT molecular complexity index is 785. The molecule has 3 heteroatoms. The highest BCUT2D eigenvalue weighted by molar-refractivity contribution is 6.33. The van der Waals surface area contributed by atoms with E-state index in [0.717, 1.165) is 22.0 Å². The Balaban J connectivity index is 2.12. The van der Waals surface area contributed by atoms with Crippen LogP contribution in [0.5, 0.6) is 0 Å². The van der Waals surface area contributed by atoms with Gasteiger partial charge in [-0.2, -0.15) is 0 Å². The van der Waals surface area contributed by atoms with Crippen LogP contribution in [0.4, 0.5) is 5.69 Å². The van der Waals surface area contributed by atoms with Crippen molar-refractivity contribution in [1.29, 1.82) is 0 Å². The Hall–Kier alpha value is -2.19. The van der Waals surface area contributed by atoms with Crippen LogP contribution in [0.1, 0.15) is 5.69 Å². The van der Waals surface area contributed by atoms with E-state index >= 15 is 0 Å². The highest BCUT2D eigenvalue weighted by Crippen LogP contribution is 2.31. The number of nitrogens with zero attached hydrogens (tertiary/aromatic N) is 2. The van der Waals surface area contributed by atoms with Crippen molar-refractivity contribution in [2.45, 2.75) is 6.92 Å². The molecule has 1 heterocycles. The molecule has 2 nitrogen and oxygen atoms in total. The molecule has 0 aliphatic rings. The molecule has 0 bridgehead atoms. The van der Waals surface area contributed by atoms with Crippen molar-refractivity contribution in [3.05, 3.63) is 71.4 Å². The van der Waals surface area contributed by atoms with Crippen LogP contribution < -0.4 is 4.90 Å². The van der Waals surface area contributed by atoms with Gasteiger partial charge < -0.3 is 9.47 Å². The molecule has 3 rings (SSSR count). The van der Waals surface area contributed by atoms with E-state index in [0.29, 0.717) is 0 Å². The summed E-state index contributed by atoms with van der Waals surface area (Å²) >= 11 is 6.37. The second-order valence-corrected chi connectivity index (χ2v) is 5.99. The second-order valence-electron chi connectivity index (χ2n) is 5.59. The highest BCUT2D eigenvalue weighted by atomic mass is 35.5. The average Bonchev–Trinajstić information content (AvgIpc) is 2.89. The minimum atomic E-state index is 0.770. The fourth-order valence-corrected chi connectivity index (χ4v) is 2.89. The van der Waals surface area contributed by atoms with E-state index in [-0.39, 0.29) is 0 Å². The number of rotatable bonds is 3. The summed E-state index contributed by atoms with van der Waals surface area (Å²) in [6.07, 6.45) is 0. The Morgan fingerprint density at radius 3 is 2.18 bits per heavy atom. The summed E-state index contributed by atoms with van der Waals surface area (Å²) in [6, 6.07) is 20.7. The lowest BCUT2D eigenvalue weighted by atomic mass is 10.1. The maximum atomic E-state index is 6.37. The summed E-state index contributed by atoms with van der Waals surface area (Å²) in [5.41, 5.74) is 5.68. The van der Waals surface area contributed by atoms with Gasteiger partial charge in [0.1, 0.15) is 0 Å². The highest BCUT2D eigenvalue weighted by Gasteiger charge is 2.12. The van der Waals surface area contributed by atoms with Gasteiger partial charge in [0.2, 0.25) is 0 Å². The smallest absolute Gasteiger partial charge is 0.0546 e. The van der Waals surface area contributed by atoms with Crippen molar-refractivity contribution in [2.24, 2.45) is 0 Å². The Morgan fingerprint density at radius 2 is 1.55 bits per heavy atom. The molecule has 0 spiro atoms. The van der Waals surface area contributed by atoms with E-state index in [4.69, 9.17) is 11.6 Å². The summed E-state index contributed by atoms with van der Waals surface area (Å²) in [6.45, 7) is 2.11. The first-order chi connectivity index (χ1) is 10.6. The van der Waals surface area contributed by atoms with Gasteiger partial charge in [0.25, 0.3) is 0 Å². The lowest BCUT2D eigenvalue weighted by molar-refractivity contribution is 1.02. The molecule has 0 atom stereocenters. The summed E-state index contributed by atoms with van der Waals surface area (Å²) in [5, 5.41) is 0.770. The van der Waals surface area contributed by atoms with Gasteiger partial charge in [0.15, 0.2) is 0 Å². The van der Waals surface area contributed by atoms with Crippen molar-refractivity contribution >= 4 is 17.3 Å². The molecular formula is C19H19ClN2. The molecule has 112 valence electrons. The third-order valence-corrected chi connectivity index (χ3v) is 4.18. The van der Waals surface area contributed by atoms with Crippen LogP contribution >= 0.6 is 11.6 Å². The second kappa shape index (κ2) is 5.90. The number of benzene rings is 2. The molecule has 0 unspecified atom stereocenters. The maximum Gasteiger partial charge on any atom is 0.0546 e. The summed E-state index contributed by atoms with van der Waals surface area (Å²) in [7, 11) is 4.09. The van der Waals surface area contributed by atoms with Crippen molar-refractivity contribution in [3.63, 3.8) is 0 Å². The molecule has 0 aliphatic carbocycles. The number of aryl methyl sites for hydroxylation is 1. The molecule has 0 N–H and O–H groups in total. The summed E-state index contributed by atoms with van der Waals surface area (Å²) in [4.78, 5) is 2.10. The Labute approximate surface area is 136 Å². The number of aromatic nitrogens is 1. The van der Waals surface area contributed by atoms with Crippen LogP contribution in [0.3, 0.4) is 0 Å². The molecule has 0 saturated carbocycles. The predicted octanol–water partition coefficient (Wildman–Crippen LogP) is 5.17. The molecule has 1 aromatic heterocycles. The lowest BCUT2D eigenvalue weighted by Crippen LogP contribution is -2.08. The number of hydrogen-bond donors (Lipinski definition) is 0. The molecule has 0 saturated heterocycles. The van der Waals surface area contributed by atoms with E-state index < -0.39 is 0 Å². The van der Waals surface area contributed by atoms with E-state index in [2.05, 4.69) is 58.9 Å². The third kappa shape index (κ3) is 2.62. The molecule has 2 aromatic carbocycles. The zero-order chi connectivity index (χ0) is 15.7. The van der Waals surface area contributed by atoms with Crippen molar-refractivity contribution in [3.8, 4) is 16.9 Å². The van der Waals surface area contributed by atoms with E-state index in [1.165, 1.54) is 11.4 Å². The summed E-state index contributed by atoms with van der Waals surface area (Å²) in [5.74, 6) is 0. The topological polar surface area (TPSA) is 8.17 Å². The van der Waals surface area contributed by atoms with Gasteiger partial charge in [-0.1, -0.05) is 29.8 Å². The molecule has 0 fully saturated rings. The first-order valence-electron chi connectivity index (χ1n) is 7.29. The van der Waals surface area contributed by atoms with Gasteiger partial charge in [-0.25, -0.2) is 0 Å². The maximum absolute atomic E-state index is 6.37. The van der Waals surface area contributed by atoms with Crippen molar-refractivity contribution in [1.82, 2.24) is 4.57 Å². The van der Waals surface area contributed by atoms with Gasteiger partial charge in [0, 0.05) is 41.8 Å². The van der Waals surface area contributed by atoms with E-state index in [9.17, 15) is 0 Å². The third-order valence-electron chi connectivity index (χ3n) is 3.85. The van der Waals surface area contributed by atoms with Crippen LogP contribution in [0, 0.1) is 6.92 Å². The largest absolute Gasteiger partial charge is 0.378 e. The normalized spacial score (nSPS) is 10.7. The fraction of sp³-hybridized carbons (Fsp3) is 0.158. The first-order valence-corrected chi connectivity index (χ1v) is 7.67. The molecule has 0 radical (unpaired) electrons. The zero-order valence-corrected chi connectivity index (χ0v) is 13.8. The SMILES string of the molecule is Cc1ccc(-c2ccccc2Cl)n1-c1ccc(N(C)C)cc1. The Morgan fingerprint density at radius 1 is 0.864 bits per heavy atom. The van der Waals surface area contributed by atoms with Gasteiger partial charge >= 0.3 is 0 Å². The molecular weight excluding hydrogens is 292 g/mol. The molecule has 3 aromatic rings. The minimum absolute atomic E-state index is 0.770. The fourth-order valence-electron chi connectivity index (χ4n) is 2.66. The lowest BCUT2D eigenvalue weighted by Gasteiger charge is -2.16. The van der Waals surface area contributed by atoms with Gasteiger partial charge in [-0.05, 0) is 49.4 Å². The average molecular weight is 311 g/mol. The van der Waals surface area contributed by atoms with Gasteiger partial charge in [-0.3, -0.25) is 0 Å². The monoisotopic (exact) mass is 310 g/mol.